The summed E-state index contributed by atoms with van der Waals surface area (Å²) in [7, 11) is 1.98. The monoisotopic (exact) mass is 207 g/mol. The van der Waals surface area contributed by atoms with Gasteiger partial charge in [0.25, 0.3) is 0 Å². The van der Waals surface area contributed by atoms with Gasteiger partial charge in [-0.3, -0.25) is 0 Å². The van der Waals surface area contributed by atoms with Gasteiger partial charge in [-0.25, -0.2) is 0 Å². The number of nitrogens with one attached hydrogen (secondary N) is 1. The van der Waals surface area contributed by atoms with Crippen LogP contribution in [0.15, 0.2) is 34.6 Å². The Hall–Kier alpha value is -0.980. The lowest BCUT2D eigenvalue weighted by Gasteiger charge is -2.20. The highest BCUT2D eigenvalue weighted by atomic mass is 14.8. The zero-order chi connectivity index (χ0) is 12.2. The van der Waals surface area contributed by atoms with Crippen LogP contribution < -0.4 is 5.32 Å². The molecular weight excluding hydrogens is 182 g/mol. The lowest BCUT2D eigenvalue weighted by Crippen LogP contribution is -2.14. The molecule has 0 radical (unpaired) electrons. The molecule has 0 saturated carbocycles. The van der Waals surface area contributed by atoms with Gasteiger partial charge in [0, 0.05) is 12.7 Å². The van der Waals surface area contributed by atoms with E-state index in [2.05, 4.69) is 53.4 Å². The predicted molar refractivity (Wildman–Crippen MR) is 69.8 cm³/mol. The summed E-state index contributed by atoms with van der Waals surface area (Å²) < 4.78 is 0. The van der Waals surface area contributed by atoms with E-state index in [0.29, 0.717) is 5.92 Å². The Labute approximate surface area is 95.0 Å². The Kier molecular flexibility index (Phi) is 5.41. The third-order valence-electron chi connectivity index (χ3n) is 2.68. The molecule has 0 aromatic rings. The van der Waals surface area contributed by atoms with Crippen LogP contribution >= 0.6 is 0 Å². The second-order valence-electron chi connectivity index (χ2n) is 4.60. The SMILES string of the molecule is C=C(C)/C(=C(/NC)C(C)=C(C)C)C(C)C. The molecule has 1 N–H and O–H groups in total. The zero-order valence-electron chi connectivity index (χ0n) is 11.3. The summed E-state index contributed by atoms with van der Waals surface area (Å²) in [5.41, 5.74) is 6.38. The maximum absolute atomic E-state index is 4.07. The van der Waals surface area contributed by atoms with Crippen LogP contribution in [-0.4, -0.2) is 7.05 Å². The Morgan fingerprint density at radius 1 is 1.07 bits per heavy atom. The molecule has 0 rings (SSSR count). The van der Waals surface area contributed by atoms with Gasteiger partial charge in [0.15, 0.2) is 0 Å². The maximum atomic E-state index is 4.07. The minimum Gasteiger partial charge on any atom is -0.388 e. The van der Waals surface area contributed by atoms with Gasteiger partial charge in [-0.1, -0.05) is 31.6 Å². The van der Waals surface area contributed by atoms with Crippen molar-refractivity contribution in [3.8, 4) is 0 Å². The Morgan fingerprint density at radius 2 is 1.53 bits per heavy atom. The van der Waals surface area contributed by atoms with Crippen molar-refractivity contribution in [3.05, 3.63) is 34.6 Å². The van der Waals surface area contributed by atoms with Crippen molar-refractivity contribution in [1.29, 1.82) is 0 Å². The van der Waals surface area contributed by atoms with Crippen LogP contribution in [0.4, 0.5) is 0 Å². The Morgan fingerprint density at radius 3 is 1.73 bits per heavy atom. The van der Waals surface area contributed by atoms with Gasteiger partial charge in [0.05, 0.1) is 0 Å². The first-order chi connectivity index (χ1) is 6.82. The highest BCUT2D eigenvalue weighted by Gasteiger charge is 2.12. The van der Waals surface area contributed by atoms with Gasteiger partial charge >= 0.3 is 0 Å². The van der Waals surface area contributed by atoms with Crippen molar-refractivity contribution in [3.63, 3.8) is 0 Å². The van der Waals surface area contributed by atoms with Gasteiger partial charge in [-0.05, 0) is 44.8 Å². The van der Waals surface area contributed by atoms with Gasteiger partial charge < -0.3 is 5.32 Å². The van der Waals surface area contributed by atoms with E-state index in [1.54, 1.807) is 0 Å². The lowest BCUT2D eigenvalue weighted by atomic mass is 9.91. The van der Waals surface area contributed by atoms with Crippen LogP contribution in [0.25, 0.3) is 0 Å². The average Bonchev–Trinajstić information content (AvgIpc) is 2.10. The highest BCUT2D eigenvalue weighted by Crippen LogP contribution is 2.25. The first-order valence-electron chi connectivity index (χ1n) is 5.55. The summed E-state index contributed by atoms with van der Waals surface area (Å²) in [5.74, 6) is 0.499. The normalized spacial score (nSPS) is 12.3. The molecule has 0 heterocycles. The largest absolute Gasteiger partial charge is 0.388 e. The number of hydrogen-bond donors (Lipinski definition) is 1. The van der Waals surface area contributed by atoms with Crippen LogP contribution in [0.2, 0.25) is 0 Å². The van der Waals surface area contributed by atoms with Crippen molar-refractivity contribution >= 4 is 0 Å². The van der Waals surface area contributed by atoms with E-state index >= 15 is 0 Å². The summed E-state index contributed by atoms with van der Waals surface area (Å²) in [6.45, 7) is 17.0. The lowest BCUT2D eigenvalue weighted by molar-refractivity contribution is 0.749. The molecule has 86 valence electrons. The van der Waals surface area contributed by atoms with Crippen molar-refractivity contribution in [2.75, 3.05) is 7.05 Å². The van der Waals surface area contributed by atoms with E-state index in [0.717, 1.165) is 5.57 Å². The van der Waals surface area contributed by atoms with Gasteiger partial charge in [-0.15, -0.1) is 0 Å². The maximum Gasteiger partial charge on any atom is 0.0404 e. The summed E-state index contributed by atoms with van der Waals surface area (Å²) in [6, 6.07) is 0. The molecule has 0 aromatic carbocycles. The topological polar surface area (TPSA) is 12.0 Å². The second kappa shape index (κ2) is 5.79. The summed E-state index contributed by atoms with van der Waals surface area (Å²) >= 11 is 0. The highest BCUT2D eigenvalue weighted by molar-refractivity contribution is 5.43. The van der Waals surface area contributed by atoms with Gasteiger partial charge in [0.1, 0.15) is 0 Å². The molecule has 15 heavy (non-hydrogen) atoms. The quantitative estimate of drug-likeness (QED) is 0.686. The van der Waals surface area contributed by atoms with Crippen molar-refractivity contribution in [2.45, 2.75) is 41.5 Å². The zero-order valence-corrected chi connectivity index (χ0v) is 11.3. The third-order valence-corrected chi connectivity index (χ3v) is 2.68. The van der Waals surface area contributed by atoms with E-state index < -0.39 is 0 Å². The molecule has 0 aromatic heterocycles. The predicted octanol–water partition coefficient (Wildman–Crippen LogP) is 4.05. The Balaban J connectivity index is 5.65. The molecule has 1 heteroatoms. The molecule has 0 bridgehead atoms. The molecule has 0 unspecified atom stereocenters. The summed E-state index contributed by atoms with van der Waals surface area (Å²) in [4.78, 5) is 0. The number of hydrogen-bond acceptors (Lipinski definition) is 1. The molecule has 0 amide bonds. The van der Waals surface area contributed by atoms with Crippen molar-refractivity contribution in [2.24, 2.45) is 5.92 Å². The summed E-state index contributed by atoms with van der Waals surface area (Å²) in [5, 5.41) is 3.31. The fourth-order valence-electron chi connectivity index (χ4n) is 1.77. The third kappa shape index (κ3) is 3.58. The first-order valence-corrected chi connectivity index (χ1v) is 5.55. The molecule has 0 saturated heterocycles. The van der Waals surface area contributed by atoms with E-state index in [4.69, 9.17) is 0 Å². The van der Waals surface area contributed by atoms with Gasteiger partial charge in [-0.2, -0.15) is 0 Å². The van der Waals surface area contributed by atoms with Crippen LogP contribution in [0.1, 0.15) is 41.5 Å². The van der Waals surface area contributed by atoms with Crippen LogP contribution in [-0.2, 0) is 0 Å². The summed E-state index contributed by atoms with van der Waals surface area (Å²) in [6.07, 6.45) is 0. The molecule has 0 aliphatic heterocycles. The number of likely N-dealkylation sites (N-methyl/N-ethyl adjacent to an activating group) is 1. The molecule has 0 atom stereocenters. The number of allylic oxidation sites excluding steroid dienone is 4. The fourth-order valence-corrected chi connectivity index (χ4v) is 1.77. The average molecular weight is 207 g/mol. The van der Waals surface area contributed by atoms with Crippen molar-refractivity contribution < 1.29 is 0 Å². The molecule has 0 spiro atoms. The molecular formula is C14H25N. The van der Waals surface area contributed by atoms with E-state index in [1.165, 1.54) is 22.4 Å². The smallest absolute Gasteiger partial charge is 0.0404 e. The van der Waals surface area contributed by atoms with E-state index in [-0.39, 0.29) is 0 Å². The van der Waals surface area contributed by atoms with E-state index in [1.807, 2.05) is 7.05 Å². The minimum atomic E-state index is 0.499. The van der Waals surface area contributed by atoms with E-state index in [9.17, 15) is 0 Å². The second-order valence-corrected chi connectivity index (χ2v) is 4.60. The van der Waals surface area contributed by atoms with Crippen LogP contribution in [0.5, 0.6) is 0 Å². The molecule has 0 aliphatic carbocycles. The molecule has 0 aliphatic rings. The standard InChI is InChI=1S/C14H25N/c1-9(2)12(7)14(15-8)13(10(3)4)11(5)6/h11,15H,3H2,1-2,4-8H3/b14-13-. The van der Waals surface area contributed by atoms with Crippen molar-refractivity contribution in [1.82, 2.24) is 5.32 Å². The fraction of sp³-hybridized carbons (Fsp3) is 0.571. The molecule has 0 fully saturated rings. The molecule has 1 nitrogen and oxygen atoms in total. The van der Waals surface area contributed by atoms with Gasteiger partial charge in [0.2, 0.25) is 0 Å². The number of rotatable bonds is 4. The van der Waals surface area contributed by atoms with Crippen LogP contribution in [0, 0.1) is 5.92 Å². The van der Waals surface area contributed by atoms with Crippen LogP contribution in [0.3, 0.4) is 0 Å². The minimum absolute atomic E-state index is 0.499. The Bertz CT molecular complexity index is 299. The first kappa shape index (κ1) is 14.0.